The molecule has 1 aliphatic rings. The number of anilines is 1. The molecule has 2 aromatic carbocycles. The van der Waals surface area contributed by atoms with E-state index >= 15 is 0 Å². The first-order chi connectivity index (χ1) is 16.1. The molecule has 0 radical (unpaired) electrons. The highest BCUT2D eigenvalue weighted by molar-refractivity contribution is 5.92. The lowest BCUT2D eigenvalue weighted by Crippen LogP contribution is -2.26. The molecule has 0 saturated carbocycles. The summed E-state index contributed by atoms with van der Waals surface area (Å²) in [5.41, 5.74) is 6.71. The number of carbonyl (C=O) groups excluding carboxylic acids is 1. The van der Waals surface area contributed by atoms with Gasteiger partial charge in [0.25, 0.3) is 0 Å². The van der Waals surface area contributed by atoms with E-state index in [-0.39, 0.29) is 12.8 Å². The van der Waals surface area contributed by atoms with Crippen LogP contribution in [-0.4, -0.2) is 46.9 Å². The van der Waals surface area contributed by atoms with Crippen LogP contribution in [0.15, 0.2) is 48.8 Å². The first-order valence-electron chi connectivity index (χ1n) is 10.4. The lowest BCUT2D eigenvalue weighted by atomic mass is 10.1. The largest absolute Gasteiger partial charge is 0.489 e. The molecule has 0 spiro atoms. The minimum atomic E-state index is -0.500. The predicted octanol–water partition coefficient (Wildman–Crippen LogP) is 2.52. The topological polar surface area (TPSA) is 145 Å². The third-order valence-electron chi connectivity index (χ3n) is 5.00. The van der Waals surface area contributed by atoms with E-state index in [1.807, 2.05) is 6.07 Å². The number of ether oxygens (including phenoxy) is 3. The standard InChI is InChI=1S/C23H22N6O4/c24-12-17-11-16(3-6-20(17)33-19-7-9-31-10-8-19)22-26-13-27-23(29-22)28-14-32-18-4-1-15(2-5-18)21(25)30/h1-6,11,13,19H,7-10,14H2,(H2,25,30)(H,26,27,28,29). The monoisotopic (exact) mass is 446 g/mol. The molecule has 1 amide bonds. The normalized spacial score (nSPS) is 13.7. The van der Waals surface area contributed by atoms with Crippen molar-refractivity contribution in [1.82, 2.24) is 15.0 Å². The van der Waals surface area contributed by atoms with Crippen molar-refractivity contribution >= 4 is 11.9 Å². The third kappa shape index (κ3) is 5.72. The molecule has 2 heterocycles. The van der Waals surface area contributed by atoms with Gasteiger partial charge in [-0.3, -0.25) is 4.79 Å². The molecular weight excluding hydrogens is 424 g/mol. The maximum absolute atomic E-state index is 11.1. The number of carbonyl (C=O) groups is 1. The number of nitrogens with two attached hydrogens (primary N) is 1. The van der Waals surface area contributed by atoms with E-state index in [0.29, 0.717) is 53.2 Å². The van der Waals surface area contributed by atoms with Crippen LogP contribution in [0, 0.1) is 11.3 Å². The summed E-state index contributed by atoms with van der Waals surface area (Å²) in [5, 5.41) is 12.5. The van der Waals surface area contributed by atoms with Crippen LogP contribution in [0.4, 0.5) is 5.95 Å². The van der Waals surface area contributed by atoms with Crippen molar-refractivity contribution in [1.29, 1.82) is 5.26 Å². The van der Waals surface area contributed by atoms with Gasteiger partial charge in [0.2, 0.25) is 11.9 Å². The van der Waals surface area contributed by atoms with E-state index in [1.165, 1.54) is 6.33 Å². The summed E-state index contributed by atoms with van der Waals surface area (Å²) in [7, 11) is 0. The highest BCUT2D eigenvalue weighted by atomic mass is 16.5. The zero-order valence-corrected chi connectivity index (χ0v) is 17.7. The van der Waals surface area contributed by atoms with Crippen LogP contribution in [0.25, 0.3) is 11.4 Å². The summed E-state index contributed by atoms with van der Waals surface area (Å²) >= 11 is 0. The molecule has 1 fully saturated rings. The number of primary amides is 1. The molecule has 33 heavy (non-hydrogen) atoms. The summed E-state index contributed by atoms with van der Waals surface area (Å²) in [4.78, 5) is 23.8. The molecule has 10 heteroatoms. The van der Waals surface area contributed by atoms with Crippen molar-refractivity contribution in [2.45, 2.75) is 18.9 Å². The molecule has 4 rings (SSSR count). The van der Waals surface area contributed by atoms with E-state index in [2.05, 4.69) is 26.3 Å². The second-order valence-electron chi connectivity index (χ2n) is 7.24. The molecule has 0 unspecified atom stereocenters. The van der Waals surface area contributed by atoms with E-state index < -0.39 is 5.91 Å². The summed E-state index contributed by atoms with van der Waals surface area (Å²) in [5.74, 6) is 1.32. The molecule has 0 bridgehead atoms. The minimum Gasteiger partial charge on any atom is -0.489 e. The Morgan fingerprint density at radius 1 is 1.18 bits per heavy atom. The Bertz CT molecular complexity index is 1160. The highest BCUT2D eigenvalue weighted by Gasteiger charge is 2.18. The quantitative estimate of drug-likeness (QED) is 0.498. The number of rotatable bonds is 8. The van der Waals surface area contributed by atoms with Crippen LogP contribution in [0.1, 0.15) is 28.8 Å². The molecular formula is C23H22N6O4. The number of amides is 1. The van der Waals surface area contributed by atoms with E-state index in [9.17, 15) is 10.1 Å². The average Bonchev–Trinajstić information content (AvgIpc) is 2.85. The zero-order valence-electron chi connectivity index (χ0n) is 17.7. The summed E-state index contributed by atoms with van der Waals surface area (Å²) in [6.45, 7) is 1.42. The van der Waals surface area contributed by atoms with Gasteiger partial charge in [0, 0.05) is 24.0 Å². The number of benzene rings is 2. The second-order valence-corrected chi connectivity index (χ2v) is 7.24. The lowest BCUT2D eigenvalue weighted by Gasteiger charge is -2.23. The molecule has 0 atom stereocenters. The van der Waals surface area contributed by atoms with Crippen LogP contribution >= 0.6 is 0 Å². The van der Waals surface area contributed by atoms with E-state index in [0.717, 1.165) is 12.8 Å². The summed E-state index contributed by atoms with van der Waals surface area (Å²) in [6.07, 6.45) is 3.01. The highest BCUT2D eigenvalue weighted by Crippen LogP contribution is 2.27. The molecule has 1 aliphatic heterocycles. The van der Waals surface area contributed by atoms with Crippen LogP contribution in [0.5, 0.6) is 11.5 Å². The van der Waals surface area contributed by atoms with Gasteiger partial charge in [-0.2, -0.15) is 10.2 Å². The number of hydrogen-bond donors (Lipinski definition) is 2. The average molecular weight is 446 g/mol. The van der Waals surface area contributed by atoms with Gasteiger partial charge in [0.15, 0.2) is 12.6 Å². The number of nitriles is 1. The Hall–Kier alpha value is -4.23. The Balaban J connectivity index is 1.40. The van der Waals surface area contributed by atoms with Gasteiger partial charge in [0.05, 0.1) is 18.8 Å². The first kappa shape index (κ1) is 22.0. The summed E-state index contributed by atoms with van der Waals surface area (Å²) in [6, 6.07) is 13.9. The fourth-order valence-corrected chi connectivity index (χ4v) is 3.25. The van der Waals surface area contributed by atoms with Crippen molar-refractivity contribution in [2.24, 2.45) is 5.73 Å². The fraction of sp³-hybridized carbons (Fsp3) is 0.261. The van der Waals surface area contributed by atoms with Crippen LogP contribution in [-0.2, 0) is 4.74 Å². The van der Waals surface area contributed by atoms with Gasteiger partial charge in [-0.15, -0.1) is 0 Å². The Morgan fingerprint density at radius 3 is 2.70 bits per heavy atom. The Labute approximate surface area is 190 Å². The molecule has 168 valence electrons. The third-order valence-corrected chi connectivity index (χ3v) is 5.00. The molecule has 1 saturated heterocycles. The van der Waals surface area contributed by atoms with E-state index in [1.54, 1.807) is 36.4 Å². The lowest BCUT2D eigenvalue weighted by molar-refractivity contribution is 0.0254. The molecule has 10 nitrogen and oxygen atoms in total. The smallest absolute Gasteiger partial charge is 0.248 e. The maximum Gasteiger partial charge on any atom is 0.248 e. The van der Waals surface area contributed by atoms with Gasteiger partial charge < -0.3 is 25.3 Å². The first-order valence-corrected chi connectivity index (χ1v) is 10.4. The Morgan fingerprint density at radius 2 is 1.97 bits per heavy atom. The maximum atomic E-state index is 11.1. The Kier molecular flexibility index (Phi) is 6.92. The van der Waals surface area contributed by atoms with Crippen molar-refractivity contribution in [3.63, 3.8) is 0 Å². The van der Waals surface area contributed by atoms with Crippen LogP contribution in [0.2, 0.25) is 0 Å². The fourth-order valence-electron chi connectivity index (χ4n) is 3.25. The minimum absolute atomic E-state index is 0.0386. The van der Waals surface area contributed by atoms with Gasteiger partial charge in [-0.25, -0.2) is 9.97 Å². The zero-order chi connectivity index (χ0) is 23.0. The second kappa shape index (κ2) is 10.4. The number of nitrogens with one attached hydrogen (secondary N) is 1. The predicted molar refractivity (Wildman–Crippen MR) is 119 cm³/mol. The molecule has 3 aromatic rings. The number of nitrogens with zero attached hydrogens (tertiary/aromatic N) is 4. The van der Waals surface area contributed by atoms with Crippen molar-refractivity contribution < 1.29 is 19.0 Å². The van der Waals surface area contributed by atoms with Gasteiger partial charge in [-0.1, -0.05) is 0 Å². The SMILES string of the molecule is N#Cc1cc(-c2ncnc(NCOc3ccc(C(N)=O)cc3)n2)ccc1OC1CCOCC1. The van der Waals surface area contributed by atoms with Gasteiger partial charge in [0.1, 0.15) is 30.0 Å². The van der Waals surface area contributed by atoms with Crippen molar-refractivity contribution in [3.8, 4) is 29.0 Å². The van der Waals surface area contributed by atoms with Gasteiger partial charge in [-0.05, 0) is 42.5 Å². The molecule has 0 aliphatic carbocycles. The van der Waals surface area contributed by atoms with Crippen LogP contribution < -0.4 is 20.5 Å². The van der Waals surface area contributed by atoms with E-state index in [4.69, 9.17) is 19.9 Å². The summed E-state index contributed by atoms with van der Waals surface area (Å²) < 4.78 is 16.9. The number of aromatic nitrogens is 3. The molecule has 3 N–H and O–H groups in total. The van der Waals surface area contributed by atoms with Gasteiger partial charge >= 0.3 is 0 Å². The van der Waals surface area contributed by atoms with Crippen molar-refractivity contribution in [3.05, 3.63) is 59.9 Å². The van der Waals surface area contributed by atoms with Crippen molar-refractivity contribution in [2.75, 3.05) is 25.3 Å². The number of hydrogen-bond acceptors (Lipinski definition) is 9. The van der Waals surface area contributed by atoms with Crippen LogP contribution in [0.3, 0.4) is 0 Å². The molecule has 1 aromatic heterocycles.